The molecule has 7 nitrogen and oxygen atoms in total. The zero-order valence-electron chi connectivity index (χ0n) is 14.4. The summed E-state index contributed by atoms with van der Waals surface area (Å²) in [4.78, 5) is 29.9. The molecule has 3 amide bonds. The molecule has 0 bridgehead atoms. The number of urea groups is 1. The van der Waals surface area contributed by atoms with E-state index in [0.29, 0.717) is 24.6 Å². The van der Waals surface area contributed by atoms with Gasteiger partial charge < -0.3 is 15.5 Å². The Morgan fingerprint density at radius 3 is 2.46 bits per heavy atom. The van der Waals surface area contributed by atoms with Crippen LogP contribution in [-0.4, -0.2) is 61.4 Å². The number of hydrogen-bond acceptors (Lipinski definition) is 3. The Balaban J connectivity index is 1.87. The van der Waals surface area contributed by atoms with Gasteiger partial charge in [0.15, 0.2) is 5.96 Å². The van der Waals surface area contributed by atoms with E-state index in [9.17, 15) is 22.8 Å². The highest BCUT2D eigenvalue weighted by Gasteiger charge is 2.30. The van der Waals surface area contributed by atoms with Crippen LogP contribution in [0.4, 0.5) is 18.0 Å². The fourth-order valence-corrected chi connectivity index (χ4v) is 2.49. The van der Waals surface area contributed by atoms with Gasteiger partial charge in [-0.05, 0) is 17.7 Å². The lowest BCUT2D eigenvalue weighted by Crippen LogP contribution is -2.43. The van der Waals surface area contributed by atoms with Gasteiger partial charge in [0, 0.05) is 33.7 Å². The Morgan fingerprint density at radius 2 is 1.96 bits per heavy atom. The maximum Gasteiger partial charge on any atom is 0.416 e. The van der Waals surface area contributed by atoms with Crippen LogP contribution >= 0.6 is 0 Å². The minimum atomic E-state index is -4.36. The molecule has 1 aromatic carbocycles. The number of nitrogens with zero attached hydrogens (tertiary/aromatic N) is 3. The van der Waals surface area contributed by atoms with Gasteiger partial charge in [-0.25, -0.2) is 4.79 Å². The van der Waals surface area contributed by atoms with E-state index in [0.717, 1.165) is 17.0 Å². The van der Waals surface area contributed by atoms with Gasteiger partial charge in [0.1, 0.15) is 0 Å². The number of guanidine groups is 1. The van der Waals surface area contributed by atoms with E-state index in [2.05, 4.69) is 15.6 Å². The molecular formula is C16H20F3N5O2. The highest BCUT2D eigenvalue weighted by Crippen LogP contribution is 2.29. The van der Waals surface area contributed by atoms with Gasteiger partial charge in [-0.15, -0.1) is 0 Å². The lowest BCUT2D eigenvalue weighted by Gasteiger charge is -2.23. The number of halogens is 3. The third-order valence-corrected chi connectivity index (χ3v) is 3.83. The molecule has 0 spiro atoms. The average Bonchev–Trinajstić information content (AvgIpc) is 2.90. The van der Waals surface area contributed by atoms with Gasteiger partial charge >= 0.3 is 12.2 Å². The highest BCUT2D eigenvalue weighted by atomic mass is 19.4. The second kappa shape index (κ2) is 8.07. The molecule has 0 atom stereocenters. The van der Waals surface area contributed by atoms with Gasteiger partial charge in [0.05, 0.1) is 12.1 Å². The van der Waals surface area contributed by atoms with Crippen LogP contribution in [0.15, 0.2) is 29.3 Å². The SMILES string of the molecule is CN=C(NCCN1C(=O)CNC1=O)N(C)Cc1ccc(C(F)(F)F)cc1. The van der Waals surface area contributed by atoms with Crippen LogP contribution in [0.2, 0.25) is 0 Å². The largest absolute Gasteiger partial charge is 0.416 e. The molecule has 2 rings (SSSR count). The summed E-state index contributed by atoms with van der Waals surface area (Å²) >= 11 is 0. The standard InChI is InChI=1S/C16H20F3N5O2/c1-20-14(21-7-8-24-13(25)9-22-15(24)26)23(2)10-11-3-5-12(6-4-11)16(17,18)19/h3-6H,7-10H2,1-2H3,(H,20,21)(H,22,26). The van der Waals surface area contributed by atoms with Gasteiger partial charge in [0.2, 0.25) is 5.91 Å². The van der Waals surface area contributed by atoms with E-state index in [4.69, 9.17) is 0 Å². The molecule has 26 heavy (non-hydrogen) atoms. The maximum atomic E-state index is 12.6. The Bertz CT molecular complexity index is 672. The number of aliphatic imine (C=N–C) groups is 1. The minimum Gasteiger partial charge on any atom is -0.354 e. The molecule has 1 aromatic rings. The van der Waals surface area contributed by atoms with Crippen LogP contribution in [-0.2, 0) is 17.5 Å². The first-order valence-electron chi connectivity index (χ1n) is 7.88. The van der Waals surface area contributed by atoms with Crippen LogP contribution < -0.4 is 10.6 Å². The predicted octanol–water partition coefficient (Wildman–Crippen LogP) is 1.26. The molecule has 0 saturated carbocycles. The molecule has 0 unspecified atom stereocenters. The molecule has 1 aliphatic heterocycles. The van der Waals surface area contributed by atoms with Crippen molar-refractivity contribution in [2.45, 2.75) is 12.7 Å². The Labute approximate surface area is 148 Å². The molecule has 10 heteroatoms. The van der Waals surface area contributed by atoms with Crippen LogP contribution in [0.3, 0.4) is 0 Å². The second-order valence-corrected chi connectivity index (χ2v) is 5.73. The number of imide groups is 1. The molecule has 2 N–H and O–H groups in total. The summed E-state index contributed by atoms with van der Waals surface area (Å²) in [5.41, 5.74) is -0.00230. The summed E-state index contributed by atoms with van der Waals surface area (Å²) in [5.74, 6) is 0.210. The first kappa shape index (κ1) is 19.5. The van der Waals surface area contributed by atoms with Crippen molar-refractivity contribution in [3.8, 4) is 0 Å². The molecule has 0 aliphatic carbocycles. The van der Waals surface area contributed by atoms with Crippen LogP contribution in [0.5, 0.6) is 0 Å². The normalized spacial score (nSPS) is 15.3. The summed E-state index contributed by atoms with van der Waals surface area (Å²) in [6.07, 6.45) is -4.36. The number of carbonyl (C=O) groups excluding carboxylic acids is 2. The number of hydrogen-bond donors (Lipinski definition) is 2. The van der Waals surface area contributed by atoms with E-state index in [-0.39, 0.29) is 19.0 Å². The summed E-state index contributed by atoms with van der Waals surface area (Å²) in [6, 6.07) is 4.48. The van der Waals surface area contributed by atoms with E-state index >= 15 is 0 Å². The van der Waals surface area contributed by atoms with Crippen LogP contribution in [0.25, 0.3) is 0 Å². The van der Waals surface area contributed by atoms with Gasteiger partial charge in [0.25, 0.3) is 0 Å². The van der Waals surface area contributed by atoms with Crippen molar-refractivity contribution in [3.05, 3.63) is 35.4 Å². The number of alkyl halides is 3. The lowest BCUT2D eigenvalue weighted by atomic mass is 10.1. The van der Waals surface area contributed by atoms with Gasteiger partial charge in [-0.2, -0.15) is 13.2 Å². The van der Waals surface area contributed by atoms with Crippen molar-refractivity contribution in [1.29, 1.82) is 0 Å². The molecule has 1 saturated heterocycles. The fraction of sp³-hybridized carbons (Fsp3) is 0.438. The lowest BCUT2D eigenvalue weighted by molar-refractivity contribution is -0.137. The minimum absolute atomic E-state index is 0.00137. The van der Waals surface area contributed by atoms with Crippen LogP contribution in [0.1, 0.15) is 11.1 Å². The zero-order valence-corrected chi connectivity index (χ0v) is 14.4. The van der Waals surface area contributed by atoms with Gasteiger partial charge in [-0.1, -0.05) is 12.1 Å². The van der Waals surface area contributed by atoms with Crippen molar-refractivity contribution in [3.63, 3.8) is 0 Å². The molecule has 0 radical (unpaired) electrons. The van der Waals surface area contributed by atoms with Crippen molar-refractivity contribution < 1.29 is 22.8 Å². The molecule has 1 aliphatic rings. The van der Waals surface area contributed by atoms with Crippen molar-refractivity contribution in [2.75, 3.05) is 33.7 Å². The summed E-state index contributed by atoms with van der Waals surface area (Å²) in [7, 11) is 3.31. The smallest absolute Gasteiger partial charge is 0.354 e. The number of nitrogens with one attached hydrogen (secondary N) is 2. The first-order valence-corrected chi connectivity index (χ1v) is 7.88. The molecule has 1 fully saturated rings. The zero-order chi connectivity index (χ0) is 19.3. The average molecular weight is 371 g/mol. The monoisotopic (exact) mass is 371 g/mol. The topological polar surface area (TPSA) is 77.0 Å². The van der Waals surface area contributed by atoms with E-state index in [1.165, 1.54) is 12.1 Å². The Hall–Kier alpha value is -2.78. The third-order valence-electron chi connectivity index (χ3n) is 3.83. The van der Waals surface area contributed by atoms with Crippen LogP contribution in [0, 0.1) is 0 Å². The van der Waals surface area contributed by atoms with E-state index in [1.807, 2.05) is 0 Å². The second-order valence-electron chi connectivity index (χ2n) is 5.73. The molecule has 1 heterocycles. The Morgan fingerprint density at radius 1 is 1.31 bits per heavy atom. The fourth-order valence-electron chi connectivity index (χ4n) is 2.49. The van der Waals surface area contributed by atoms with E-state index in [1.54, 1.807) is 19.0 Å². The van der Waals surface area contributed by atoms with E-state index < -0.39 is 17.8 Å². The summed E-state index contributed by atoms with van der Waals surface area (Å²) < 4.78 is 37.8. The number of rotatable bonds is 5. The van der Waals surface area contributed by atoms with Gasteiger partial charge in [-0.3, -0.25) is 14.7 Å². The number of amides is 3. The first-order chi connectivity index (χ1) is 12.2. The third kappa shape index (κ3) is 4.87. The van der Waals surface area contributed by atoms with Crippen molar-refractivity contribution >= 4 is 17.9 Å². The highest BCUT2D eigenvalue weighted by molar-refractivity contribution is 6.01. The predicted molar refractivity (Wildman–Crippen MR) is 89.4 cm³/mol. The molecule has 0 aromatic heterocycles. The maximum absolute atomic E-state index is 12.6. The number of carbonyl (C=O) groups is 2. The molecule has 142 valence electrons. The van der Waals surface area contributed by atoms with Crippen molar-refractivity contribution in [2.24, 2.45) is 4.99 Å². The Kier molecular flexibility index (Phi) is 6.06. The number of benzene rings is 1. The summed E-state index contributed by atoms with van der Waals surface area (Å²) in [5, 5.41) is 5.45. The van der Waals surface area contributed by atoms with Crippen molar-refractivity contribution in [1.82, 2.24) is 20.4 Å². The quantitative estimate of drug-likeness (QED) is 0.464. The summed E-state index contributed by atoms with van der Waals surface area (Å²) in [6.45, 7) is 0.851. The molecular weight excluding hydrogens is 351 g/mol.